The molecule has 7 heteroatoms. The minimum Gasteiger partial charge on any atom is -0.343 e. The fourth-order valence-corrected chi connectivity index (χ4v) is 3.90. The van der Waals surface area contributed by atoms with Crippen molar-refractivity contribution in [2.45, 2.75) is 25.2 Å². The maximum absolute atomic E-state index is 13.4. The van der Waals surface area contributed by atoms with Gasteiger partial charge in [0.2, 0.25) is 11.8 Å². The highest BCUT2D eigenvalue weighted by Gasteiger charge is 2.43. The van der Waals surface area contributed by atoms with Gasteiger partial charge in [0.1, 0.15) is 12.7 Å². The lowest BCUT2D eigenvalue weighted by Gasteiger charge is -2.40. The molecule has 0 bridgehead atoms. The second kappa shape index (κ2) is 7.87. The van der Waals surface area contributed by atoms with Gasteiger partial charge in [0.05, 0.1) is 11.1 Å². The summed E-state index contributed by atoms with van der Waals surface area (Å²) in [5.41, 5.74) is 1.92. The van der Waals surface area contributed by atoms with Gasteiger partial charge in [0.15, 0.2) is 0 Å². The van der Waals surface area contributed by atoms with Crippen molar-refractivity contribution in [3.63, 3.8) is 0 Å². The van der Waals surface area contributed by atoms with E-state index in [-0.39, 0.29) is 11.8 Å². The quantitative estimate of drug-likeness (QED) is 0.744. The fraction of sp³-hybridized carbons (Fsp3) is 0.273. The number of piperidine rings is 1. The van der Waals surface area contributed by atoms with Gasteiger partial charge in [-0.3, -0.25) is 9.59 Å². The predicted octanol–water partition coefficient (Wildman–Crippen LogP) is 2.79. The maximum atomic E-state index is 13.4. The van der Waals surface area contributed by atoms with Crippen LogP contribution in [0.1, 0.15) is 25.3 Å². The van der Waals surface area contributed by atoms with Gasteiger partial charge in [-0.1, -0.05) is 30.3 Å². The molecule has 2 amide bonds. The van der Waals surface area contributed by atoms with E-state index in [0.717, 1.165) is 16.9 Å². The van der Waals surface area contributed by atoms with Crippen LogP contribution in [0, 0.1) is 0 Å². The molecule has 0 saturated carbocycles. The number of benzene rings is 2. The molecule has 1 aromatic heterocycles. The van der Waals surface area contributed by atoms with Crippen LogP contribution < -0.4 is 5.32 Å². The van der Waals surface area contributed by atoms with E-state index < -0.39 is 5.41 Å². The van der Waals surface area contributed by atoms with E-state index in [9.17, 15) is 9.59 Å². The minimum absolute atomic E-state index is 0.0413. The molecule has 0 spiro atoms. The largest absolute Gasteiger partial charge is 0.343 e. The summed E-state index contributed by atoms with van der Waals surface area (Å²) in [5.74, 6) is 0.0103. The van der Waals surface area contributed by atoms with Crippen LogP contribution >= 0.6 is 0 Å². The van der Waals surface area contributed by atoms with Gasteiger partial charge in [-0.2, -0.15) is 5.10 Å². The number of amides is 2. The highest BCUT2D eigenvalue weighted by molar-refractivity contribution is 5.99. The van der Waals surface area contributed by atoms with E-state index in [2.05, 4.69) is 15.4 Å². The third kappa shape index (κ3) is 3.76. The van der Waals surface area contributed by atoms with Gasteiger partial charge >= 0.3 is 0 Å². The van der Waals surface area contributed by atoms with Crippen LogP contribution in [0.3, 0.4) is 0 Å². The van der Waals surface area contributed by atoms with Gasteiger partial charge in [-0.25, -0.2) is 9.67 Å². The standard InChI is InChI=1S/C22H23N5O2/c1-17(28)26-13-11-22(12-14-26,18-5-3-2-4-6-18)21(29)25-19-7-9-20(10-8-19)27-16-23-15-24-27/h2-10,15-16H,11-14H2,1H3,(H,25,29). The Hall–Kier alpha value is -3.48. The molecule has 0 atom stereocenters. The predicted molar refractivity (Wildman–Crippen MR) is 110 cm³/mol. The Labute approximate surface area is 169 Å². The molecule has 0 aliphatic carbocycles. The van der Waals surface area contributed by atoms with Crippen molar-refractivity contribution >= 4 is 17.5 Å². The van der Waals surface area contributed by atoms with E-state index in [4.69, 9.17) is 0 Å². The lowest BCUT2D eigenvalue weighted by atomic mass is 9.72. The highest BCUT2D eigenvalue weighted by Crippen LogP contribution is 2.37. The van der Waals surface area contributed by atoms with Crippen molar-refractivity contribution in [2.75, 3.05) is 18.4 Å². The molecular formula is C22H23N5O2. The SMILES string of the molecule is CC(=O)N1CCC(C(=O)Nc2ccc(-n3cncn3)cc2)(c2ccccc2)CC1. The van der Waals surface area contributed by atoms with Crippen LogP contribution in [0.25, 0.3) is 5.69 Å². The number of hydrogen-bond acceptors (Lipinski definition) is 4. The van der Waals surface area contributed by atoms with E-state index in [0.29, 0.717) is 25.9 Å². The Morgan fingerprint density at radius 3 is 2.28 bits per heavy atom. The summed E-state index contributed by atoms with van der Waals surface area (Å²) in [7, 11) is 0. The first-order valence-corrected chi connectivity index (χ1v) is 9.66. The molecular weight excluding hydrogens is 366 g/mol. The molecule has 1 saturated heterocycles. The molecule has 29 heavy (non-hydrogen) atoms. The number of likely N-dealkylation sites (tertiary alicyclic amines) is 1. The summed E-state index contributed by atoms with van der Waals surface area (Å²) in [6.45, 7) is 2.72. The zero-order valence-corrected chi connectivity index (χ0v) is 16.3. The van der Waals surface area contributed by atoms with Crippen molar-refractivity contribution in [2.24, 2.45) is 0 Å². The highest BCUT2D eigenvalue weighted by atomic mass is 16.2. The van der Waals surface area contributed by atoms with Crippen LogP contribution in [0.15, 0.2) is 67.3 Å². The fourth-order valence-electron chi connectivity index (χ4n) is 3.90. The van der Waals surface area contributed by atoms with Crippen molar-refractivity contribution in [3.05, 3.63) is 72.8 Å². The number of carbonyl (C=O) groups is 2. The number of rotatable bonds is 4. The summed E-state index contributed by atoms with van der Waals surface area (Å²) in [6, 6.07) is 17.3. The number of aromatic nitrogens is 3. The van der Waals surface area contributed by atoms with Crippen molar-refractivity contribution in [3.8, 4) is 5.69 Å². The van der Waals surface area contributed by atoms with Crippen LogP contribution in [0.4, 0.5) is 5.69 Å². The number of hydrogen-bond donors (Lipinski definition) is 1. The molecule has 1 fully saturated rings. The third-order valence-corrected chi connectivity index (χ3v) is 5.63. The zero-order chi connectivity index (χ0) is 20.3. The van der Waals surface area contributed by atoms with E-state index in [1.54, 1.807) is 22.8 Å². The first-order valence-electron chi connectivity index (χ1n) is 9.66. The second-order valence-corrected chi connectivity index (χ2v) is 7.30. The molecule has 2 heterocycles. The van der Waals surface area contributed by atoms with Gasteiger partial charge in [-0.05, 0) is 42.7 Å². The van der Waals surface area contributed by atoms with E-state index in [1.807, 2.05) is 54.6 Å². The van der Waals surface area contributed by atoms with Crippen molar-refractivity contribution in [1.82, 2.24) is 19.7 Å². The Balaban J connectivity index is 1.57. The van der Waals surface area contributed by atoms with E-state index >= 15 is 0 Å². The Morgan fingerprint density at radius 1 is 1.00 bits per heavy atom. The molecule has 1 N–H and O–H groups in total. The summed E-state index contributed by atoms with van der Waals surface area (Å²) < 4.78 is 1.66. The van der Waals surface area contributed by atoms with Gasteiger partial charge in [0.25, 0.3) is 0 Å². The first-order chi connectivity index (χ1) is 14.1. The summed E-state index contributed by atoms with van der Waals surface area (Å²) >= 11 is 0. The number of nitrogens with zero attached hydrogens (tertiary/aromatic N) is 4. The van der Waals surface area contributed by atoms with Gasteiger partial charge in [-0.15, -0.1) is 0 Å². The summed E-state index contributed by atoms with van der Waals surface area (Å²) in [5, 5.41) is 7.19. The Morgan fingerprint density at radius 2 is 1.69 bits per heavy atom. The minimum atomic E-state index is -0.655. The van der Waals surface area contributed by atoms with Crippen LogP contribution in [0.5, 0.6) is 0 Å². The van der Waals surface area contributed by atoms with Crippen LogP contribution in [-0.2, 0) is 15.0 Å². The molecule has 1 aliphatic rings. The average molecular weight is 389 g/mol. The number of nitrogens with one attached hydrogen (secondary N) is 1. The Bertz CT molecular complexity index is 976. The number of anilines is 1. The molecule has 3 aromatic rings. The van der Waals surface area contributed by atoms with Crippen molar-refractivity contribution in [1.29, 1.82) is 0 Å². The molecule has 7 nitrogen and oxygen atoms in total. The molecule has 0 unspecified atom stereocenters. The first kappa shape index (κ1) is 18.9. The third-order valence-electron chi connectivity index (χ3n) is 5.63. The molecule has 4 rings (SSSR count). The topological polar surface area (TPSA) is 80.1 Å². The van der Waals surface area contributed by atoms with Gasteiger partial charge in [0, 0.05) is 25.7 Å². The smallest absolute Gasteiger partial charge is 0.235 e. The second-order valence-electron chi connectivity index (χ2n) is 7.30. The zero-order valence-electron chi connectivity index (χ0n) is 16.3. The summed E-state index contributed by atoms with van der Waals surface area (Å²) in [4.78, 5) is 30.9. The normalized spacial score (nSPS) is 15.7. The molecule has 148 valence electrons. The molecule has 1 aliphatic heterocycles. The molecule has 0 radical (unpaired) electrons. The monoisotopic (exact) mass is 389 g/mol. The lowest BCUT2D eigenvalue weighted by Crippen LogP contribution is -2.50. The average Bonchev–Trinajstić information content (AvgIpc) is 3.30. The van der Waals surface area contributed by atoms with Crippen molar-refractivity contribution < 1.29 is 9.59 Å². The van der Waals surface area contributed by atoms with Crippen LogP contribution in [-0.4, -0.2) is 44.6 Å². The number of carbonyl (C=O) groups excluding carboxylic acids is 2. The summed E-state index contributed by atoms with van der Waals surface area (Å²) in [6.07, 6.45) is 4.30. The van der Waals surface area contributed by atoms with Crippen LogP contribution in [0.2, 0.25) is 0 Å². The van der Waals surface area contributed by atoms with Gasteiger partial charge < -0.3 is 10.2 Å². The molecule has 2 aromatic carbocycles. The van der Waals surface area contributed by atoms with E-state index in [1.165, 1.54) is 6.33 Å². The lowest BCUT2D eigenvalue weighted by molar-refractivity contribution is -0.133. The maximum Gasteiger partial charge on any atom is 0.235 e. The Kier molecular flexibility index (Phi) is 5.12.